The minimum atomic E-state index is -0.358. The monoisotopic (exact) mass is 310 g/mol. The summed E-state index contributed by atoms with van der Waals surface area (Å²) in [6.45, 7) is 1.79. The van der Waals surface area contributed by atoms with E-state index in [-0.39, 0.29) is 18.0 Å². The van der Waals surface area contributed by atoms with Crippen molar-refractivity contribution >= 4 is 21.7 Å². The molecular weight excluding hydrogens is 299 g/mol. The van der Waals surface area contributed by atoms with Crippen molar-refractivity contribution < 1.29 is 9.18 Å². The molecule has 0 fully saturated rings. The molecule has 0 saturated heterocycles. The third-order valence-electron chi connectivity index (χ3n) is 2.70. The Balaban J connectivity index is 2.27. The summed E-state index contributed by atoms with van der Waals surface area (Å²) in [4.78, 5) is 12.1. The van der Waals surface area contributed by atoms with E-state index in [9.17, 15) is 9.18 Å². The second-order valence-corrected chi connectivity index (χ2v) is 4.91. The smallest absolute Gasteiger partial charge is 0.170 e. The van der Waals surface area contributed by atoms with Crippen LogP contribution in [-0.2, 0) is 13.5 Å². The van der Waals surface area contributed by atoms with Crippen molar-refractivity contribution in [1.82, 2.24) is 9.78 Å². The molecule has 18 heavy (non-hydrogen) atoms. The van der Waals surface area contributed by atoms with Gasteiger partial charge in [0.1, 0.15) is 5.82 Å². The number of ketones is 1. The van der Waals surface area contributed by atoms with Crippen molar-refractivity contribution in [1.29, 1.82) is 0 Å². The zero-order valence-electron chi connectivity index (χ0n) is 10.1. The Morgan fingerprint density at radius 2 is 2.22 bits per heavy atom. The van der Waals surface area contributed by atoms with Gasteiger partial charge in [-0.25, -0.2) is 4.39 Å². The van der Waals surface area contributed by atoms with E-state index in [2.05, 4.69) is 21.0 Å². The van der Waals surface area contributed by atoms with Crippen molar-refractivity contribution in [3.05, 3.63) is 51.5 Å². The fraction of sp³-hybridized carbons (Fsp3) is 0.231. The average molecular weight is 311 g/mol. The number of hydrogen-bond donors (Lipinski definition) is 0. The van der Waals surface area contributed by atoms with Crippen molar-refractivity contribution in [3.8, 4) is 0 Å². The molecule has 1 aromatic heterocycles. The average Bonchev–Trinajstić information content (AvgIpc) is 2.64. The van der Waals surface area contributed by atoms with Crippen LogP contribution in [0.1, 0.15) is 21.6 Å². The van der Waals surface area contributed by atoms with Gasteiger partial charge in [-0.05, 0) is 34.5 Å². The fourth-order valence-electron chi connectivity index (χ4n) is 1.83. The third kappa shape index (κ3) is 2.51. The van der Waals surface area contributed by atoms with Crippen LogP contribution in [0.15, 0.2) is 28.9 Å². The van der Waals surface area contributed by atoms with Gasteiger partial charge in [-0.2, -0.15) is 5.10 Å². The zero-order chi connectivity index (χ0) is 13.3. The van der Waals surface area contributed by atoms with Crippen LogP contribution in [0.4, 0.5) is 4.39 Å². The summed E-state index contributed by atoms with van der Waals surface area (Å²) in [5.41, 5.74) is 1.91. The molecule has 0 amide bonds. The summed E-state index contributed by atoms with van der Waals surface area (Å²) in [6.07, 6.45) is 1.84. The van der Waals surface area contributed by atoms with E-state index >= 15 is 0 Å². The summed E-state index contributed by atoms with van der Waals surface area (Å²) in [5, 5.41) is 4.12. The molecule has 0 atom stereocenters. The topological polar surface area (TPSA) is 34.9 Å². The molecule has 3 nitrogen and oxygen atoms in total. The lowest BCUT2D eigenvalue weighted by molar-refractivity contribution is 0.0992. The molecule has 1 heterocycles. The number of carbonyl (C=O) groups is 1. The largest absolute Gasteiger partial charge is 0.294 e. The Morgan fingerprint density at radius 3 is 2.83 bits per heavy atom. The highest BCUT2D eigenvalue weighted by atomic mass is 79.9. The number of nitrogens with zero attached hydrogens (tertiary/aromatic N) is 2. The Kier molecular flexibility index (Phi) is 3.61. The molecule has 0 aliphatic heterocycles. The number of aromatic nitrogens is 2. The van der Waals surface area contributed by atoms with Crippen LogP contribution >= 0.6 is 15.9 Å². The number of Topliss-reactive ketones (excluding diaryl/α,β-unsaturated/α-hetero) is 1. The molecule has 0 bridgehead atoms. The van der Waals surface area contributed by atoms with Gasteiger partial charge in [0, 0.05) is 19.7 Å². The number of carbonyl (C=O) groups excluding carboxylic acids is 1. The second kappa shape index (κ2) is 5.02. The number of hydrogen-bond acceptors (Lipinski definition) is 2. The molecule has 0 aliphatic carbocycles. The van der Waals surface area contributed by atoms with E-state index in [0.29, 0.717) is 21.3 Å². The Hall–Kier alpha value is -1.49. The van der Waals surface area contributed by atoms with E-state index in [1.807, 2.05) is 0 Å². The maximum Gasteiger partial charge on any atom is 0.170 e. The zero-order valence-corrected chi connectivity index (χ0v) is 11.7. The van der Waals surface area contributed by atoms with Crippen LogP contribution in [0.3, 0.4) is 0 Å². The van der Waals surface area contributed by atoms with Gasteiger partial charge in [-0.15, -0.1) is 0 Å². The summed E-state index contributed by atoms with van der Waals surface area (Å²) >= 11 is 3.16. The Labute approximate surface area is 113 Å². The first kappa shape index (κ1) is 13.0. The molecule has 0 aliphatic rings. The summed E-state index contributed by atoms with van der Waals surface area (Å²) in [5.74, 6) is -0.421. The van der Waals surface area contributed by atoms with E-state index < -0.39 is 0 Å². The molecule has 0 unspecified atom stereocenters. The van der Waals surface area contributed by atoms with Crippen LogP contribution < -0.4 is 0 Å². The highest BCUT2D eigenvalue weighted by Gasteiger charge is 2.15. The number of halogens is 2. The van der Waals surface area contributed by atoms with Crippen LogP contribution in [0.2, 0.25) is 0 Å². The van der Waals surface area contributed by atoms with Crippen molar-refractivity contribution in [2.75, 3.05) is 0 Å². The van der Waals surface area contributed by atoms with Crippen molar-refractivity contribution in [2.45, 2.75) is 13.3 Å². The maximum absolute atomic E-state index is 13.3. The highest BCUT2D eigenvalue weighted by molar-refractivity contribution is 9.10. The quantitative estimate of drug-likeness (QED) is 0.817. The number of aryl methyl sites for hydroxylation is 2. The molecule has 0 radical (unpaired) electrons. The predicted molar refractivity (Wildman–Crippen MR) is 70.1 cm³/mol. The summed E-state index contributed by atoms with van der Waals surface area (Å²) in [7, 11) is 1.77. The summed E-state index contributed by atoms with van der Waals surface area (Å²) in [6, 6.07) is 4.68. The van der Waals surface area contributed by atoms with Gasteiger partial charge in [0.25, 0.3) is 0 Å². The van der Waals surface area contributed by atoms with E-state index in [1.165, 1.54) is 6.07 Å². The molecule has 5 heteroatoms. The van der Waals surface area contributed by atoms with E-state index in [4.69, 9.17) is 0 Å². The summed E-state index contributed by atoms with van der Waals surface area (Å²) < 4.78 is 15.3. The van der Waals surface area contributed by atoms with E-state index in [0.717, 1.165) is 0 Å². The SMILES string of the molecule is Cc1nn(C)cc1C(=O)Cc1cccc(F)c1Br. The van der Waals surface area contributed by atoms with Gasteiger partial charge < -0.3 is 0 Å². The molecule has 2 rings (SSSR count). The first-order valence-electron chi connectivity index (χ1n) is 5.45. The first-order valence-corrected chi connectivity index (χ1v) is 6.24. The molecular formula is C13H12BrFN2O. The van der Waals surface area contributed by atoms with Gasteiger partial charge in [0.15, 0.2) is 5.78 Å². The lowest BCUT2D eigenvalue weighted by atomic mass is 10.0. The molecule has 0 saturated carbocycles. The second-order valence-electron chi connectivity index (χ2n) is 4.11. The Bertz CT molecular complexity index is 607. The molecule has 1 aromatic carbocycles. The van der Waals surface area contributed by atoms with Crippen LogP contribution in [-0.4, -0.2) is 15.6 Å². The van der Waals surface area contributed by atoms with Gasteiger partial charge in [-0.1, -0.05) is 12.1 Å². The van der Waals surface area contributed by atoms with Crippen LogP contribution in [0, 0.1) is 12.7 Å². The van der Waals surface area contributed by atoms with Gasteiger partial charge in [0.05, 0.1) is 15.7 Å². The molecule has 0 N–H and O–H groups in total. The van der Waals surface area contributed by atoms with Gasteiger partial charge in [-0.3, -0.25) is 9.48 Å². The van der Waals surface area contributed by atoms with Crippen molar-refractivity contribution in [3.63, 3.8) is 0 Å². The first-order chi connectivity index (χ1) is 8.49. The molecule has 94 valence electrons. The Morgan fingerprint density at radius 1 is 1.50 bits per heavy atom. The van der Waals surface area contributed by atoms with Gasteiger partial charge >= 0.3 is 0 Å². The lowest BCUT2D eigenvalue weighted by Gasteiger charge is -2.04. The van der Waals surface area contributed by atoms with Crippen LogP contribution in [0.5, 0.6) is 0 Å². The minimum absolute atomic E-state index is 0.0631. The number of benzene rings is 1. The van der Waals surface area contributed by atoms with Gasteiger partial charge in [0.2, 0.25) is 0 Å². The van der Waals surface area contributed by atoms with Crippen LogP contribution in [0.25, 0.3) is 0 Å². The molecule has 0 spiro atoms. The standard InChI is InChI=1S/C13H12BrFN2O/c1-8-10(7-17(2)16-8)12(18)6-9-4-3-5-11(15)13(9)14/h3-5,7H,6H2,1-2H3. The molecule has 2 aromatic rings. The third-order valence-corrected chi connectivity index (χ3v) is 3.58. The highest BCUT2D eigenvalue weighted by Crippen LogP contribution is 2.22. The lowest BCUT2D eigenvalue weighted by Crippen LogP contribution is -2.05. The predicted octanol–water partition coefficient (Wildman–Crippen LogP) is 3.06. The normalized spacial score (nSPS) is 10.7. The van der Waals surface area contributed by atoms with E-state index in [1.54, 1.807) is 37.0 Å². The van der Waals surface area contributed by atoms with Crippen molar-refractivity contribution in [2.24, 2.45) is 7.05 Å². The maximum atomic E-state index is 13.3. The minimum Gasteiger partial charge on any atom is -0.294 e. The number of rotatable bonds is 3. The fourth-order valence-corrected chi connectivity index (χ4v) is 2.23.